The number of fused-ring (bicyclic) bond motifs is 3. The third-order valence-electron chi connectivity index (χ3n) is 9.75. The number of thiazole rings is 1. The zero-order chi connectivity index (χ0) is 42.6. The summed E-state index contributed by atoms with van der Waals surface area (Å²) in [7, 11) is 0. The first-order chi connectivity index (χ1) is 29.0. The van der Waals surface area contributed by atoms with E-state index >= 15 is 0 Å². The molecule has 2 aromatic heterocycles. The third-order valence-corrected chi connectivity index (χ3v) is 12.2. The van der Waals surface area contributed by atoms with E-state index in [1.165, 1.54) is 16.2 Å². The largest absolute Gasteiger partial charge is 0.379 e. The van der Waals surface area contributed by atoms with Crippen LogP contribution in [0, 0.1) is 27.7 Å². The molecule has 0 spiro atoms. The van der Waals surface area contributed by atoms with E-state index < -0.39 is 6.04 Å². The Hall–Kier alpha value is -4.75. The second kappa shape index (κ2) is 21.7. The van der Waals surface area contributed by atoms with Gasteiger partial charge in [0, 0.05) is 32.4 Å². The highest BCUT2D eigenvalue weighted by Gasteiger charge is 2.39. The summed E-state index contributed by atoms with van der Waals surface area (Å²) in [4.78, 5) is 52.5. The van der Waals surface area contributed by atoms with Crippen LogP contribution < -0.4 is 26.3 Å². The van der Waals surface area contributed by atoms with E-state index in [9.17, 15) is 14.4 Å². The second-order valence-corrected chi connectivity index (χ2v) is 16.9. The van der Waals surface area contributed by atoms with Gasteiger partial charge in [0.25, 0.3) is 5.91 Å². The standard InChI is InChI=1S/C42H51ClN8O7S2/c1-25-27(3)59-41-37(25)38(30-10-12-31(43)13-11-30)47-34(39-50-49-29(5)51(39)41)24-36(53)44-15-17-56-19-21-58-23-22-57-20-18-55-16-14-35(52)46-33-9-7-6-8-32(33)40(54)48-42-45-26(2)28(4)60-42/h6-13,29,34,49H,14-24H2,1-5H3,(H,44,53)(H,46,52)(H,45,48,54)/t29?,34-/m0/s1. The monoisotopic (exact) mass is 878 g/mol. The molecular formula is C42H51ClN8O7S2. The number of carbonyl (C=O) groups is 3. The Kier molecular flexibility index (Phi) is 16.2. The van der Waals surface area contributed by atoms with Gasteiger partial charge in [-0.25, -0.2) is 4.98 Å². The second-order valence-electron chi connectivity index (χ2n) is 14.1. The fourth-order valence-corrected chi connectivity index (χ4v) is 8.60. The van der Waals surface area contributed by atoms with Crippen molar-refractivity contribution in [3.8, 4) is 0 Å². The van der Waals surface area contributed by atoms with Gasteiger partial charge in [0.15, 0.2) is 11.0 Å². The van der Waals surface area contributed by atoms with Crippen LogP contribution in [0.25, 0.3) is 0 Å². The molecule has 60 heavy (non-hydrogen) atoms. The molecule has 15 nitrogen and oxygen atoms in total. The summed E-state index contributed by atoms with van der Waals surface area (Å²) in [6.45, 7) is 13.2. The number of nitrogens with one attached hydrogen (secondary N) is 4. The summed E-state index contributed by atoms with van der Waals surface area (Å²) in [5, 5.41) is 15.4. The van der Waals surface area contributed by atoms with E-state index in [0.29, 0.717) is 74.2 Å². The maximum Gasteiger partial charge on any atom is 0.259 e. The minimum atomic E-state index is -0.498. The first kappa shape index (κ1) is 44.8. The van der Waals surface area contributed by atoms with Gasteiger partial charge >= 0.3 is 0 Å². The fourth-order valence-electron chi connectivity index (χ4n) is 6.41. The van der Waals surface area contributed by atoms with Crippen LogP contribution in [0.4, 0.5) is 15.8 Å². The van der Waals surface area contributed by atoms with Crippen molar-refractivity contribution in [3.63, 3.8) is 0 Å². The topological polar surface area (TPSA) is 177 Å². The van der Waals surface area contributed by atoms with Gasteiger partial charge in [0.05, 0.1) is 88.4 Å². The predicted octanol–water partition coefficient (Wildman–Crippen LogP) is 6.23. The maximum absolute atomic E-state index is 13.2. The summed E-state index contributed by atoms with van der Waals surface area (Å²) in [6.07, 6.45) is 0.164. The number of anilines is 3. The smallest absolute Gasteiger partial charge is 0.259 e. The lowest BCUT2D eigenvalue weighted by atomic mass is 9.99. The Morgan fingerprint density at radius 3 is 2.17 bits per heavy atom. The number of aryl methyl sites for hydroxylation is 3. The number of aromatic nitrogens is 1. The van der Waals surface area contributed by atoms with Gasteiger partial charge in [0.2, 0.25) is 11.8 Å². The number of carbonyl (C=O) groups excluding carboxylic acids is 3. The molecule has 6 rings (SSSR count). The van der Waals surface area contributed by atoms with Crippen LogP contribution in [0.5, 0.6) is 0 Å². The van der Waals surface area contributed by atoms with E-state index in [1.54, 1.807) is 35.6 Å². The average Bonchev–Trinajstić information content (AvgIpc) is 3.83. The summed E-state index contributed by atoms with van der Waals surface area (Å²) in [6, 6.07) is 14.0. The molecule has 1 unspecified atom stereocenters. The number of aliphatic imine (C=N–C) groups is 1. The van der Waals surface area contributed by atoms with Crippen molar-refractivity contribution in [2.24, 2.45) is 10.1 Å². The van der Waals surface area contributed by atoms with Crippen LogP contribution in [-0.2, 0) is 28.5 Å². The normalized spacial score (nSPS) is 15.7. The number of para-hydroxylation sites is 1. The molecule has 2 aliphatic rings. The van der Waals surface area contributed by atoms with E-state index in [2.05, 4.69) is 50.2 Å². The number of hydrogen-bond donors (Lipinski definition) is 4. The van der Waals surface area contributed by atoms with Gasteiger partial charge in [-0.3, -0.25) is 35.0 Å². The lowest BCUT2D eigenvalue weighted by Crippen LogP contribution is -2.43. The molecule has 4 N–H and O–H groups in total. The number of hydrogen-bond acceptors (Lipinski definition) is 14. The highest BCUT2D eigenvalue weighted by Crippen LogP contribution is 2.41. The number of ether oxygens (including phenoxy) is 4. The zero-order valence-corrected chi connectivity index (χ0v) is 36.8. The Labute approximate surface area is 362 Å². The van der Waals surface area contributed by atoms with Crippen LogP contribution in [0.15, 0.2) is 58.6 Å². The quantitative estimate of drug-likeness (QED) is 0.0702. The molecule has 2 aliphatic heterocycles. The maximum atomic E-state index is 13.2. The number of benzene rings is 2. The first-order valence-electron chi connectivity index (χ1n) is 19.8. The van der Waals surface area contributed by atoms with Crippen molar-refractivity contribution < 1.29 is 33.3 Å². The van der Waals surface area contributed by atoms with Gasteiger partial charge in [-0.05, 0) is 64.4 Å². The number of amidine groups is 1. The molecular weight excluding hydrogens is 828 g/mol. The van der Waals surface area contributed by atoms with E-state index in [1.807, 2.05) is 45.0 Å². The lowest BCUT2D eigenvalue weighted by molar-refractivity contribution is -0.121. The minimum absolute atomic E-state index is 0.0846. The van der Waals surface area contributed by atoms with Crippen LogP contribution in [0.3, 0.4) is 0 Å². The molecule has 0 saturated heterocycles. The molecule has 0 fully saturated rings. The van der Waals surface area contributed by atoms with Crippen molar-refractivity contribution >= 4 is 79.4 Å². The number of nitrogens with zero attached hydrogens (tertiary/aromatic N) is 4. The number of amides is 3. The van der Waals surface area contributed by atoms with Crippen LogP contribution in [0.1, 0.15) is 62.3 Å². The van der Waals surface area contributed by atoms with Crippen molar-refractivity contribution in [2.45, 2.75) is 59.7 Å². The molecule has 0 bridgehead atoms. The minimum Gasteiger partial charge on any atom is -0.379 e. The summed E-state index contributed by atoms with van der Waals surface area (Å²) in [5.74, 6) is -0.0469. The molecule has 2 aromatic carbocycles. The molecule has 2 atom stereocenters. The number of rotatable bonds is 21. The van der Waals surface area contributed by atoms with Gasteiger partial charge in [0.1, 0.15) is 17.2 Å². The summed E-state index contributed by atoms with van der Waals surface area (Å²) < 4.78 is 22.3. The Bertz CT molecular complexity index is 2170. The molecule has 0 saturated carbocycles. The SMILES string of the molecule is Cc1nc(NC(=O)c2ccccc2NC(=O)CCOCCOCCOCCOCCNC(=O)C[C@@H]2N=C(c3ccc(Cl)cc3)c3c(sc(C)c3C)N3C2=NNC3C)sc1C. The van der Waals surface area contributed by atoms with Crippen molar-refractivity contribution in [1.82, 2.24) is 15.7 Å². The van der Waals surface area contributed by atoms with Gasteiger partial charge in [-0.1, -0.05) is 35.9 Å². The van der Waals surface area contributed by atoms with Crippen molar-refractivity contribution in [1.29, 1.82) is 0 Å². The van der Waals surface area contributed by atoms with Gasteiger partial charge in [-0.15, -0.1) is 22.7 Å². The van der Waals surface area contributed by atoms with Crippen molar-refractivity contribution in [3.05, 3.63) is 91.3 Å². The number of hydrazone groups is 1. The Morgan fingerprint density at radius 1 is 0.817 bits per heavy atom. The van der Waals surface area contributed by atoms with Crippen LogP contribution >= 0.6 is 34.3 Å². The van der Waals surface area contributed by atoms with Gasteiger partial charge < -0.3 is 29.6 Å². The first-order valence-corrected chi connectivity index (χ1v) is 21.8. The summed E-state index contributed by atoms with van der Waals surface area (Å²) >= 11 is 9.33. The molecule has 0 aliphatic carbocycles. The van der Waals surface area contributed by atoms with E-state index in [4.69, 9.17) is 35.5 Å². The summed E-state index contributed by atoms with van der Waals surface area (Å²) in [5.41, 5.74) is 8.77. The average molecular weight is 880 g/mol. The van der Waals surface area contributed by atoms with E-state index in [0.717, 1.165) is 43.8 Å². The molecule has 18 heteroatoms. The Morgan fingerprint density at radius 2 is 1.48 bits per heavy atom. The van der Waals surface area contributed by atoms with Crippen molar-refractivity contribution in [2.75, 3.05) is 74.9 Å². The third kappa shape index (κ3) is 11.7. The zero-order valence-electron chi connectivity index (χ0n) is 34.4. The molecule has 4 aromatic rings. The van der Waals surface area contributed by atoms with E-state index in [-0.39, 0.29) is 43.3 Å². The highest BCUT2D eigenvalue weighted by molar-refractivity contribution is 7.17. The molecule has 4 heterocycles. The Balaban J connectivity index is 0.814. The fraction of sp³-hybridized carbons (Fsp3) is 0.429. The number of thiophene rings is 1. The predicted molar refractivity (Wildman–Crippen MR) is 237 cm³/mol. The molecule has 320 valence electrons. The molecule has 0 radical (unpaired) electrons. The highest BCUT2D eigenvalue weighted by atomic mass is 35.5. The van der Waals surface area contributed by atoms with Crippen LogP contribution in [0.2, 0.25) is 5.02 Å². The number of halogens is 1. The molecule has 3 amide bonds. The van der Waals surface area contributed by atoms with Gasteiger partial charge in [-0.2, -0.15) is 5.10 Å². The van der Waals surface area contributed by atoms with Crippen LogP contribution in [-0.4, -0.2) is 106 Å². The lowest BCUT2D eigenvalue weighted by Gasteiger charge is -2.24.